The van der Waals surface area contributed by atoms with Gasteiger partial charge in [0.25, 0.3) is 5.56 Å². The number of hydrogen-bond acceptors (Lipinski definition) is 7. The third kappa shape index (κ3) is 5.11. The minimum absolute atomic E-state index is 0.0475. The molecule has 172 valence electrons. The highest BCUT2D eigenvalue weighted by Gasteiger charge is 2.23. The second-order valence-corrected chi connectivity index (χ2v) is 9.78. The third-order valence-corrected chi connectivity index (χ3v) is 7.61. The fourth-order valence-corrected chi connectivity index (χ4v) is 5.43. The lowest BCUT2D eigenvalue weighted by Gasteiger charge is -2.15. The van der Waals surface area contributed by atoms with Gasteiger partial charge in [-0.2, -0.15) is 0 Å². The second kappa shape index (κ2) is 10.3. The zero-order valence-electron chi connectivity index (χ0n) is 17.7. The molecule has 0 fully saturated rings. The molecular formula is C22H19Cl2N3O4S2. The van der Waals surface area contributed by atoms with Gasteiger partial charge in [0.15, 0.2) is 16.7 Å². The number of methoxy groups -OCH3 is 2. The van der Waals surface area contributed by atoms with E-state index in [4.69, 9.17) is 37.7 Å². The number of thioether (sulfide) groups is 2. The first-order valence-corrected chi connectivity index (χ1v) is 12.5. The van der Waals surface area contributed by atoms with Crippen molar-refractivity contribution in [3.63, 3.8) is 0 Å². The summed E-state index contributed by atoms with van der Waals surface area (Å²) in [5, 5.41) is 3.96. The highest BCUT2D eigenvalue weighted by Crippen LogP contribution is 2.33. The first-order chi connectivity index (χ1) is 15.9. The number of halogens is 2. The Hall–Kier alpha value is -2.33. The molecule has 0 saturated heterocycles. The third-order valence-electron chi connectivity index (χ3n) is 4.83. The molecule has 3 aromatic rings. The number of carbonyl (C=O) groups excluding carboxylic acids is 1. The van der Waals surface area contributed by atoms with E-state index >= 15 is 0 Å². The quantitative estimate of drug-likeness (QED) is 0.347. The molecule has 4 rings (SSSR count). The normalized spacial score (nSPS) is 12.4. The SMILES string of the molecule is COc1ccc(-n2c(SCC(=O)Nc3ccc(Cl)c(Cl)c3)nc3c(c2=O)SCC3)cc1OC. The summed E-state index contributed by atoms with van der Waals surface area (Å²) in [6.45, 7) is 0. The largest absolute Gasteiger partial charge is 0.493 e. The summed E-state index contributed by atoms with van der Waals surface area (Å²) < 4.78 is 12.2. The van der Waals surface area contributed by atoms with Crippen LogP contribution in [0.1, 0.15) is 5.69 Å². The second-order valence-electron chi connectivity index (χ2n) is 6.91. The van der Waals surface area contributed by atoms with Gasteiger partial charge >= 0.3 is 0 Å². The summed E-state index contributed by atoms with van der Waals surface area (Å²) >= 11 is 14.6. The number of aromatic nitrogens is 2. The topological polar surface area (TPSA) is 82.5 Å². The number of nitrogens with zero attached hydrogens (tertiary/aromatic N) is 2. The summed E-state index contributed by atoms with van der Waals surface area (Å²) in [4.78, 5) is 31.2. The molecule has 0 radical (unpaired) electrons. The van der Waals surface area contributed by atoms with Crippen molar-refractivity contribution in [1.29, 1.82) is 0 Å². The van der Waals surface area contributed by atoms with Crippen LogP contribution in [0, 0.1) is 0 Å². The molecule has 1 aromatic heterocycles. The summed E-state index contributed by atoms with van der Waals surface area (Å²) in [7, 11) is 3.08. The van der Waals surface area contributed by atoms with Crippen LogP contribution in [0.2, 0.25) is 10.0 Å². The Morgan fingerprint density at radius 2 is 1.94 bits per heavy atom. The average molecular weight is 524 g/mol. The maximum absolute atomic E-state index is 13.3. The molecule has 0 spiro atoms. The highest BCUT2D eigenvalue weighted by molar-refractivity contribution is 8.00. The maximum Gasteiger partial charge on any atom is 0.272 e. The molecule has 0 aliphatic carbocycles. The van der Waals surface area contributed by atoms with E-state index < -0.39 is 0 Å². The molecule has 0 saturated carbocycles. The van der Waals surface area contributed by atoms with Crippen LogP contribution in [0.15, 0.2) is 51.2 Å². The van der Waals surface area contributed by atoms with E-state index in [1.54, 1.807) is 43.5 Å². The smallest absolute Gasteiger partial charge is 0.272 e. The number of aryl methyl sites for hydroxylation is 1. The summed E-state index contributed by atoms with van der Waals surface area (Å²) in [6, 6.07) is 10.1. The van der Waals surface area contributed by atoms with Gasteiger partial charge in [0.2, 0.25) is 5.91 Å². The molecule has 2 heterocycles. The van der Waals surface area contributed by atoms with Crippen molar-refractivity contribution in [2.24, 2.45) is 0 Å². The van der Waals surface area contributed by atoms with Gasteiger partial charge in [-0.15, -0.1) is 11.8 Å². The van der Waals surface area contributed by atoms with Gasteiger partial charge < -0.3 is 14.8 Å². The number of rotatable bonds is 7. The molecule has 2 aromatic carbocycles. The highest BCUT2D eigenvalue weighted by atomic mass is 35.5. The summed E-state index contributed by atoms with van der Waals surface area (Å²) in [5.41, 5.74) is 1.70. The van der Waals surface area contributed by atoms with Gasteiger partial charge in [0, 0.05) is 23.9 Å². The Morgan fingerprint density at radius 3 is 2.67 bits per heavy atom. The Bertz CT molecular complexity index is 1280. The number of fused-ring (bicyclic) bond motifs is 1. The summed E-state index contributed by atoms with van der Waals surface area (Å²) in [5.74, 6) is 1.62. The molecule has 7 nitrogen and oxygen atoms in total. The molecule has 1 aliphatic rings. The predicted molar refractivity (Wildman–Crippen MR) is 133 cm³/mol. The lowest BCUT2D eigenvalue weighted by Crippen LogP contribution is -2.24. The van der Waals surface area contributed by atoms with Crippen LogP contribution in [-0.2, 0) is 11.2 Å². The number of anilines is 1. The lowest BCUT2D eigenvalue weighted by atomic mass is 10.2. The van der Waals surface area contributed by atoms with Gasteiger partial charge in [0.05, 0.1) is 46.3 Å². The van der Waals surface area contributed by atoms with E-state index in [2.05, 4.69) is 5.32 Å². The van der Waals surface area contributed by atoms with E-state index in [0.29, 0.717) is 49.4 Å². The van der Waals surface area contributed by atoms with Crippen molar-refractivity contribution in [3.05, 3.63) is 62.5 Å². The number of amides is 1. The van der Waals surface area contributed by atoms with Crippen LogP contribution in [0.25, 0.3) is 5.69 Å². The first kappa shape index (κ1) is 23.8. The standard InChI is InChI=1S/C22H19Cl2N3O4S2/c1-30-17-6-4-13(10-18(17)31-2)27-21(29)20-16(7-8-32-20)26-22(27)33-11-19(28)25-12-3-5-14(23)15(24)9-12/h3-6,9-10H,7-8,11H2,1-2H3,(H,25,28). The fraction of sp³-hybridized carbons (Fsp3) is 0.227. The molecular weight excluding hydrogens is 505 g/mol. The predicted octanol–water partition coefficient (Wildman–Crippen LogP) is 4.94. The minimum Gasteiger partial charge on any atom is -0.493 e. The lowest BCUT2D eigenvalue weighted by molar-refractivity contribution is -0.113. The van der Waals surface area contributed by atoms with Crippen LogP contribution >= 0.6 is 46.7 Å². The Morgan fingerprint density at radius 1 is 1.15 bits per heavy atom. The van der Waals surface area contributed by atoms with E-state index in [1.165, 1.54) is 35.2 Å². The molecule has 11 heteroatoms. The van der Waals surface area contributed by atoms with Crippen molar-refractivity contribution < 1.29 is 14.3 Å². The fourth-order valence-electron chi connectivity index (χ4n) is 3.28. The Kier molecular flexibility index (Phi) is 7.43. The first-order valence-electron chi connectivity index (χ1n) is 9.80. The Balaban J connectivity index is 1.64. The zero-order valence-corrected chi connectivity index (χ0v) is 20.8. The molecule has 1 amide bonds. The summed E-state index contributed by atoms with van der Waals surface area (Å²) in [6.07, 6.45) is 0.713. The Labute approximate surface area is 208 Å². The van der Waals surface area contributed by atoms with Gasteiger partial charge in [-0.1, -0.05) is 35.0 Å². The van der Waals surface area contributed by atoms with Gasteiger partial charge in [-0.25, -0.2) is 4.98 Å². The van der Waals surface area contributed by atoms with Crippen molar-refractivity contribution in [3.8, 4) is 17.2 Å². The molecule has 0 unspecified atom stereocenters. The average Bonchev–Trinajstić information content (AvgIpc) is 3.29. The van der Waals surface area contributed by atoms with E-state index in [-0.39, 0.29) is 17.2 Å². The van der Waals surface area contributed by atoms with E-state index in [0.717, 1.165) is 11.4 Å². The molecule has 33 heavy (non-hydrogen) atoms. The monoisotopic (exact) mass is 523 g/mol. The van der Waals surface area contributed by atoms with Crippen LogP contribution in [-0.4, -0.2) is 41.2 Å². The number of benzene rings is 2. The molecule has 0 bridgehead atoms. The number of ether oxygens (including phenoxy) is 2. The number of carbonyl (C=O) groups is 1. The van der Waals surface area contributed by atoms with Crippen molar-refractivity contribution in [2.75, 3.05) is 31.0 Å². The van der Waals surface area contributed by atoms with Crippen LogP contribution in [0.3, 0.4) is 0 Å². The van der Waals surface area contributed by atoms with Gasteiger partial charge in [0.1, 0.15) is 0 Å². The van der Waals surface area contributed by atoms with Crippen LogP contribution in [0.5, 0.6) is 11.5 Å². The van der Waals surface area contributed by atoms with Gasteiger partial charge in [-0.05, 0) is 30.3 Å². The van der Waals surface area contributed by atoms with Crippen molar-refractivity contribution >= 4 is 58.3 Å². The van der Waals surface area contributed by atoms with Crippen LogP contribution < -0.4 is 20.3 Å². The maximum atomic E-state index is 13.3. The number of hydrogen-bond donors (Lipinski definition) is 1. The van der Waals surface area contributed by atoms with E-state index in [9.17, 15) is 9.59 Å². The van der Waals surface area contributed by atoms with Crippen LogP contribution in [0.4, 0.5) is 5.69 Å². The van der Waals surface area contributed by atoms with Crippen molar-refractivity contribution in [2.45, 2.75) is 16.5 Å². The number of nitrogens with one attached hydrogen (secondary N) is 1. The molecule has 1 N–H and O–H groups in total. The van der Waals surface area contributed by atoms with Gasteiger partial charge in [-0.3, -0.25) is 14.2 Å². The van der Waals surface area contributed by atoms with Crippen molar-refractivity contribution in [1.82, 2.24) is 9.55 Å². The zero-order chi connectivity index (χ0) is 23.5. The minimum atomic E-state index is -0.263. The van der Waals surface area contributed by atoms with E-state index in [1.807, 2.05) is 0 Å². The molecule has 1 aliphatic heterocycles. The molecule has 0 atom stereocenters.